The molecule has 2 atom stereocenters. The molecule has 0 aliphatic rings. The summed E-state index contributed by atoms with van der Waals surface area (Å²) in [5, 5.41) is 0. The van der Waals surface area contributed by atoms with Gasteiger partial charge in [0, 0.05) is 13.6 Å². The molecule has 2 nitrogen and oxygen atoms in total. The number of halogens is 1. The van der Waals surface area contributed by atoms with Gasteiger partial charge in [0.25, 0.3) is 0 Å². The van der Waals surface area contributed by atoms with E-state index in [1.54, 1.807) is 0 Å². The zero-order valence-corrected chi connectivity index (χ0v) is 11.5. The lowest BCUT2D eigenvalue weighted by atomic mass is 10.1. The van der Waals surface area contributed by atoms with Crippen LogP contribution >= 0.6 is 15.9 Å². The molecule has 0 aromatic heterocycles. The Morgan fingerprint density at radius 1 is 1.36 bits per heavy atom. The Morgan fingerprint density at radius 3 is 2.21 bits per heavy atom. The van der Waals surface area contributed by atoms with Crippen molar-refractivity contribution in [1.29, 1.82) is 0 Å². The number of rotatable bonds is 5. The highest BCUT2D eigenvalue weighted by Gasteiger charge is 2.22. The van der Waals surface area contributed by atoms with Gasteiger partial charge in [-0.2, -0.15) is 0 Å². The van der Waals surface area contributed by atoms with Crippen LogP contribution in [0.2, 0.25) is 0 Å². The fourth-order valence-electron chi connectivity index (χ4n) is 1.18. The van der Waals surface area contributed by atoms with Crippen LogP contribution in [0.25, 0.3) is 0 Å². The Labute approximate surface area is 96.2 Å². The van der Waals surface area contributed by atoms with Crippen molar-refractivity contribution in [3.63, 3.8) is 0 Å². The summed E-state index contributed by atoms with van der Waals surface area (Å²) in [4.78, 5) is 13.6. The molecule has 0 saturated heterocycles. The number of nitrogens with zero attached hydrogens (tertiary/aromatic N) is 1. The molecule has 14 heavy (non-hydrogen) atoms. The van der Waals surface area contributed by atoms with Gasteiger partial charge in [0.15, 0.2) is 0 Å². The zero-order valence-electron chi connectivity index (χ0n) is 9.88. The second-order valence-electron chi connectivity index (χ2n) is 4.38. The second-order valence-corrected chi connectivity index (χ2v) is 5.36. The van der Waals surface area contributed by atoms with Crippen LogP contribution in [0.5, 0.6) is 0 Å². The van der Waals surface area contributed by atoms with E-state index in [1.807, 2.05) is 11.9 Å². The quantitative estimate of drug-likeness (QED) is 0.699. The summed E-state index contributed by atoms with van der Waals surface area (Å²) in [5.41, 5.74) is 0. The molecule has 0 fully saturated rings. The molecule has 0 rings (SSSR count). The molecule has 0 aliphatic carbocycles. The van der Waals surface area contributed by atoms with E-state index in [1.165, 1.54) is 0 Å². The highest BCUT2D eigenvalue weighted by atomic mass is 79.9. The van der Waals surface area contributed by atoms with Gasteiger partial charge in [0.1, 0.15) is 0 Å². The molecule has 0 N–H and O–H groups in total. The molecule has 1 amide bonds. The van der Waals surface area contributed by atoms with Crippen molar-refractivity contribution in [1.82, 2.24) is 4.90 Å². The van der Waals surface area contributed by atoms with E-state index in [0.717, 1.165) is 13.0 Å². The number of carbonyl (C=O) groups excluding carboxylic acids is 1. The van der Waals surface area contributed by atoms with Gasteiger partial charge in [0.05, 0.1) is 4.83 Å². The van der Waals surface area contributed by atoms with Crippen molar-refractivity contribution in [2.24, 2.45) is 11.8 Å². The van der Waals surface area contributed by atoms with Gasteiger partial charge in [-0.25, -0.2) is 0 Å². The van der Waals surface area contributed by atoms with E-state index >= 15 is 0 Å². The molecule has 0 aliphatic heterocycles. The normalized spacial score (nSPS) is 15.4. The van der Waals surface area contributed by atoms with Crippen molar-refractivity contribution < 1.29 is 4.79 Å². The fraction of sp³-hybridized carbons (Fsp3) is 0.909. The van der Waals surface area contributed by atoms with Crippen molar-refractivity contribution in [2.45, 2.75) is 38.9 Å². The van der Waals surface area contributed by atoms with Crippen molar-refractivity contribution >= 4 is 21.8 Å². The minimum atomic E-state index is -0.0449. The van der Waals surface area contributed by atoms with E-state index in [4.69, 9.17) is 0 Å². The smallest absolute Gasteiger partial charge is 0.236 e. The summed E-state index contributed by atoms with van der Waals surface area (Å²) in [6.45, 7) is 9.27. The van der Waals surface area contributed by atoms with E-state index in [2.05, 4.69) is 43.6 Å². The molecule has 0 bridgehead atoms. The van der Waals surface area contributed by atoms with Gasteiger partial charge in [0.2, 0.25) is 5.91 Å². The van der Waals surface area contributed by atoms with Gasteiger partial charge in [-0.15, -0.1) is 0 Å². The molecule has 84 valence electrons. The van der Waals surface area contributed by atoms with E-state index in [-0.39, 0.29) is 10.7 Å². The minimum Gasteiger partial charge on any atom is -0.345 e. The van der Waals surface area contributed by atoms with Gasteiger partial charge >= 0.3 is 0 Å². The number of hydrogen-bond acceptors (Lipinski definition) is 1. The summed E-state index contributed by atoms with van der Waals surface area (Å²) < 4.78 is 0. The lowest BCUT2D eigenvalue weighted by Crippen LogP contribution is -2.38. The highest BCUT2D eigenvalue weighted by Crippen LogP contribution is 2.15. The van der Waals surface area contributed by atoms with Gasteiger partial charge in [-0.05, 0) is 11.8 Å². The summed E-state index contributed by atoms with van der Waals surface area (Å²) in [6, 6.07) is 0. The van der Waals surface area contributed by atoms with Crippen LogP contribution in [0.3, 0.4) is 0 Å². The summed E-state index contributed by atoms with van der Waals surface area (Å²) in [6.07, 6.45) is 1.12. The van der Waals surface area contributed by atoms with Crippen LogP contribution in [0.15, 0.2) is 0 Å². The first-order valence-corrected chi connectivity index (χ1v) is 6.20. The lowest BCUT2D eigenvalue weighted by Gasteiger charge is -2.24. The number of hydrogen-bond donors (Lipinski definition) is 0. The molecular formula is C11H22BrNO. The summed E-state index contributed by atoms with van der Waals surface area (Å²) in [7, 11) is 1.88. The van der Waals surface area contributed by atoms with Crippen molar-refractivity contribution in [3.8, 4) is 0 Å². The molecule has 0 aromatic rings. The molecular weight excluding hydrogens is 242 g/mol. The SMILES string of the molecule is CCC(C)CN(C)C(=O)C(Br)C(C)C. The Hall–Kier alpha value is -0.0500. The zero-order chi connectivity index (χ0) is 11.3. The monoisotopic (exact) mass is 263 g/mol. The topological polar surface area (TPSA) is 20.3 Å². The molecule has 3 heteroatoms. The number of carbonyl (C=O) groups is 1. The van der Waals surface area contributed by atoms with Gasteiger partial charge in [-0.3, -0.25) is 4.79 Å². The maximum Gasteiger partial charge on any atom is 0.236 e. The maximum atomic E-state index is 11.8. The Bertz CT molecular complexity index is 182. The molecule has 0 heterocycles. The largest absolute Gasteiger partial charge is 0.345 e. The van der Waals surface area contributed by atoms with Crippen LogP contribution in [-0.4, -0.2) is 29.2 Å². The first-order chi connectivity index (χ1) is 6.40. The number of alkyl halides is 1. The standard InChI is InChI=1S/C11H22BrNO/c1-6-9(4)7-13(5)11(14)10(12)8(2)3/h8-10H,6-7H2,1-5H3. The Balaban J connectivity index is 4.11. The lowest BCUT2D eigenvalue weighted by molar-refractivity contribution is -0.130. The summed E-state index contributed by atoms with van der Waals surface area (Å²) in [5.74, 6) is 1.12. The van der Waals surface area contributed by atoms with Crippen LogP contribution < -0.4 is 0 Å². The average molecular weight is 264 g/mol. The van der Waals surface area contributed by atoms with Gasteiger partial charge in [-0.1, -0.05) is 50.0 Å². The highest BCUT2D eigenvalue weighted by molar-refractivity contribution is 9.10. The Kier molecular flexibility index (Phi) is 6.41. The predicted molar refractivity (Wildman–Crippen MR) is 64.6 cm³/mol. The third-order valence-corrected chi connectivity index (χ3v) is 3.93. The van der Waals surface area contributed by atoms with Crippen LogP contribution in [0, 0.1) is 11.8 Å². The third-order valence-electron chi connectivity index (χ3n) is 2.48. The van der Waals surface area contributed by atoms with Crippen molar-refractivity contribution in [3.05, 3.63) is 0 Å². The molecule has 0 saturated carbocycles. The molecule has 0 aromatic carbocycles. The maximum absolute atomic E-state index is 11.8. The second kappa shape index (κ2) is 6.44. The predicted octanol–water partition coefficient (Wildman–Crippen LogP) is 2.91. The number of amides is 1. The molecule has 0 spiro atoms. The van der Waals surface area contributed by atoms with Gasteiger partial charge < -0.3 is 4.90 Å². The van der Waals surface area contributed by atoms with Crippen LogP contribution in [0.4, 0.5) is 0 Å². The van der Waals surface area contributed by atoms with Crippen LogP contribution in [0.1, 0.15) is 34.1 Å². The van der Waals surface area contributed by atoms with Crippen LogP contribution in [-0.2, 0) is 4.79 Å². The first kappa shape index (κ1) is 13.9. The van der Waals surface area contributed by atoms with Crippen molar-refractivity contribution in [2.75, 3.05) is 13.6 Å². The third kappa shape index (κ3) is 4.45. The van der Waals surface area contributed by atoms with E-state index in [9.17, 15) is 4.79 Å². The Morgan fingerprint density at radius 2 is 1.86 bits per heavy atom. The fourth-order valence-corrected chi connectivity index (χ4v) is 1.53. The average Bonchev–Trinajstić information content (AvgIpc) is 2.14. The summed E-state index contributed by atoms with van der Waals surface area (Å²) >= 11 is 3.43. The minimum absolute atomic E-state index is 0.0449. The van der Waals surface area contributed by atoms with E-state index in [0.29, 0.717) is 11.8 Å². The van der Waals surface area contributed by atoms with E-state index < -0.39 is 0 Å². The first-order valence-electron chi connectivity index (χ1n) is 5.29. The molecule has 2 unspecified atom stereocenters. The molecule has 0 radical (unpaired) electrons.